The normalized spacial score (nSPS) is 20.7. The Kier molecular flexibility index (Phi) is 3.88. The zero-order valence-corrected chi connectivity index (χ0v) is 10.4. The van der Waals surface area contributed by atoms with E-state index in [2.05, 4.69) is 0 Å². The topological polar surface area (TPSA) is 0 Å². The van der Waals surface area contributed by atoms with Gasteiger partial charge in [-0.25, -0.2) is 4.39 Å². The molecule has 1 aromatic rings. The van der Waals surface area contributed by atoms with Crippen molar-refractivity contribution in [3.05, 3.63) is 46.3 Å². The van der Waals surface area contributed by atoms with Crippen molar-refractivity contribution in [2.45, 2.75) is 31.1 Å². The van der Waals surface area contributed by atoms with E-state index in [1.54, 1.807) is 12.1 Å². The van der Waals surface area contributed by atoms with Crippen LogP contribution in [0.2, 0.25) is 5.02 Å². The molecule has 2 rings (SSSR count). The molecule has 0 saturated heterocycles. The molecule has 0 N–H and O–H groups in total. The summed E-state index contributed by atoms with van der Waals surface area (Å²) in [6, 6.07) is 4.68. The van der Waals surface area contributed by atoms with E-state index in [1.165, 1.54) is 11.6 Å². The Labute approximate surface area is 105 Å². The molecule has 0 aliphatic heterocycles. The lowest BCUT2D eigenvalue weighted by molar-refractivity contribution is 0.608. The fourth-order valence-electron chi connectivity index (χ4n) is 2.02. The van der Waals surface area contributed by atoms with Gasteiger partial charge in [-0.3, -0.25) is 0 Å². The largest absolute Gasteiger partial charge is 0.207 e. The Morgan fingerprint density at radius 3 is 2.94 bits per heavy atom. The van der Waals surface area contributed by atoms with E-state index in [9.17, 15) is 4.39 Å². The van der Waals surface area contributed by atoms with Gasteiger partial charge in [0.25, 0.3) is 0 Å². The van der Waals surface area contributed by atoms with Crippen LogP contribution >= 0.6 is 23.2 Å². The van der Waals surface area contributed by atoms with E-state index in [1.807, 2.05) is 6.08 Å². The van der Waals surface area contributed by atoms with Crippen LogP contribution < -0.4 is 0 Å². The lowest BCUT2D eigenvalue weighted by Crippen LogP contribution is -2.05. The SMILES string of the molecule is Fc1ccc(Cl)cc1CC1=CC(Cl)CCC1. The molecular formula is C13H13Cl2F. The zero-order valence-electron chi connectivity index (χ0n) is 8.85. The number of hydrogen-bond acceptors (Lipinski definition) is 0. The molecule has 0 aromatic heterocycles. The van der Waals surface area contributed by atoms with E-state index in [4.69, 9.17) is 23.2 Å². The van der Waals surface area contributed by atoms with E-state index in [0.29, 0.717) is 17.0 Å². The zero-order chi connectivity index (χ0) is 11.5. The summed E-state index contributed by atoms with van der Waals surface area (Å²) in [7, 11) is 0. The third kappa shape index (κ3) is 2.99. The summed E-state index contributed by atoms with van der Waals surface area (Å²) >= 11 is 11.9. The van der Waals surface area contributed by atoms with Gasteiger partial charge in [-0.05, 0) is 49.4 Å². The molecule has 0 nitrogen and oxygen atoms in total. The molecule has 0 saturated carbocycles. The van der Waals surface area contributed by atoms with Gasteiger partial charge < -0.3 is 0 Å². The van der Waals surface area contributed by atoms with Gasteiger partial charge in [0.05, 0.1) is 5.38 Å². The molecule has 0 heterocycles. The minimum absolute atomic E-state index is 0.103. The quantitative estimate of drug-likeness (QED) is 0.531. The second-order valence-corrected chi connectivity index (χ2v) is 5.14. The fourth-order valence-corrected chi connectivity index (χ4v) is 2.54. The van der Waals surface area contributed by atoms with E-state index in [-0.39, 0.29) is 11.2 Å². The predicted octanol–water partition coefficient (Wildman–Crippen LogP) is 4.74. The Morgan fingerprint density at radius 1 is 1.38 bits per heavy atom. The molecule has 1 aliphatic rings. The Morgan fingerprint density at radius 2 is 2.19 bits per heavy atom. The molecule has 86 valence electrons. The second-order valence-electron chi connectivity index (χ2n) is 4.15. The summed E-state index contributed by atoms with van der Waals surface area (Å²) in [5.74, 6) is -0.193. The van der Waals surface area contributed by atoms with Crippen LogP contribution in [0.4, 0.5) is 4.39 Å². The average Bonchev–Trinajstić information content (AvgIpc) is 2.24. The summed E-state index contributed by atoms with van der Waals surface area (Å²) in [6.07, 6.45) is 5.78. The van der Waals surface area contributed by atoms with Gasteiger partial charge in [-0.2, -0.15) is 0 Å². The van der Waals surface area contributed by atoms with E-state index in [0.717, 1.165) is 19.3 Å². The smallest absolute Gasteiger partial charge is 0.126 e. The monoisotopic (exact) mass is 258 g/mol. The van der Waals surface area contributed by atoms with Gasteiger partial charge in [0, 0.05) is 5.02 Å². The second kappa shape index (κ2) is 5.20. The number of alkyl halides is 1. The minimum Gasteiger partial charge on any atom is -0.207 e. The minimum atomic E-state index is -0.193. The van der Waals surface area contributed by atoms with Crippen LogP contribution in [0.1, 0.15) is 24.8 Å². The number of halogens is 3. The highest BCUT2D eigenvalue weighted by Gasteiger charge is 2.13. The number of rotatable bonds is 2. The highest BCUT2D eigenvalue weighted by atomic mass is 35.5. The van der Waals surface area contributed by atoms with E-state index < -0.39 is 0 Å². The first-order chi connectivity index (χ1) is 7.65. The summed E-state index contributed by atoms with van der Waals surface area (Å²) in [4.78, 5) is 0. The Hall–Kier alpha value is -0.530. The van der Waals surface area contributed by atoms with Gasteiger partial charge in [-0.15, -0.1) is 11.6 Å². The number of hydrogen-bond donors (Lipinski definition) is 0. The van der Waals surface area contributed by atoms with Crippen molar-refractivity contribution in [1.82, 2.24) is 0 Å². The Bertz CT molecular complexity index is 412. The average molecular weight is 259 g/mol. The molecule has 0 amide bonds. The first kappa shape index (κ1) is 11.9. The van der Waals surface area contributed by atoms with Crippen LogP contribution in [-0.2, 0) is 6.42 Å². The third-order valence-corrected chi connectivity index (χ3v) is 3.40. The molecule has 1 unspecified atom stereocenters. The van der Waals surface area contributed by atoms with Crippen LogP contribution in [-0.4, -0.2) is 5.38 Å². The fraction of sp³-hybridized carbons (Fsp3) is 0.385. The van der Waals surface area contributed by atoms with Crippen LogP contribution in [0.3, 0.4) is 0 Å². The summed E-state index contributed by atoms with van der Waals surface area (Å²) in [5.41, 5.74) is 1.87. The van der Waals surface area contributed by atoms with Gasteiger partial charge in [0.15, 0.2) is 0 Å². The summed E-state index contributed by atoms with van der Waals surface area (Å²) < 4.78 is 13.5. The van der Waals surface area contributed by atoms with Crippen molar-refractivity contribution in [3.8, 4) is 0 Å². The van der Waals surface area contributed by atoms with Gasteiger partial charge in [-0.1, -0.05) is 23.3 Å². The van der Waals surface area contributed by atoms with Crippen LogP contribution in [0.15, 0.2) is 29.8 Å². The molecule has 3 heteroatoms. The Balaban J connectivity index is 2.17. The van der Waals surface area contributed by atoms with Gasteiger partial charge >= 0.3 is 0 Å². The summed E-state index contributed by atoms with van der Waals surface area (Å²) in [5, 5.41) is 0.682. The molecule has 0 bridgehead atoms. The van der Waals surface area contributed by atoms with Gasteiger partial charge in [0.1, 0.15) is 5.82 Å². The predicted molar refractivity (Wildman–Crippen MR) is 66.7 cm³/mol. The molecular weight excluding hydrogens is 246 g/mol. The molecule has 1 atom stereocenters. The molecule has 1 aromatic carbocycles. The van der Waals surface area contributed by atoms with Crippen LogP contribution in [0.5, 0.6) is 0 Å². The highest BCUT2D eigenvalue weighted by molar-refractivity contribution is 6.30. The molecule has 16 heavy (non-hydrogen) atoms. The molecule has 0 spiro atoms. The van der Waals surface area contributed by atoms with Crippen molar-refractivity contribution in [2.24, 2.45) is 0 Å². The lowest BCUT2D eigenvalue weighted by atomic mass is 9.94. The maximum atomic E-state index is 13.5. The highest BCUT2D eigenvalue weighted by Crippen LogP contribution is 2.26. The van der Waals surface area contributed by atoms with Crippen molar-refractivity contribution in [3.63, 3.8) is 0 Å². The number of benzene rings is 1. The maximum absolute atomic E-state index is 13.5. The van der Waals surface area contributed by atoms with Crippen molar-refractivity contribution in [2.75, 3.05) is 0 Å². The van der Waals surface area contributed by atoms with Gasteiger partial charge in [0.2, 0.25) is 0 Å². The summed E-state index contributed by atoms with van der Waals surface area (Å²) in [6.45, 7) is 0. The van der Waals surface area contributed by atoms with Crippen LogP contribution in [0, 0.1) is 5.82 Å². The molecule has 1 aliphatic carbocycles. The molecule has 0 radical (unpaired) electrons. The first-order valence-corrected chi connectivity index (χ1v) is 6.24. The molecule has 0 fully saturated rings. The standard InChI is InChI=1S/C13H13Cl2F/c14-11-3-1-2-9(7-11)6-10-8-12(15)4-5-13(10)16/h4-5,7-8,11H,1-3,6H2. The van der Waals surface area contributed by atoms with Crippen molar-refractivity contribution in [1.29, 1.82) is 0 Å². The number of allylic oxidation sites excluding steroid dienone is 2. The third-order valence-electron chi connectivity index (χ3n) is 2.82. The first-order valence-electron chi connectivity index (χ1n) is 5.43. The lowest BCUT2D eigenvalue weighted by Gasteiger charge is -2.16. The maximum Gasteiger partial charge on any atom is 0.126 e. The van der Waals surface area contributed by atoms with Crippen molar-refractivity contribution < 1.29 is 4.39 Å². The van der Waals surface area contributed by atoms with Crippen LogP contribution in [0.25, 0.3) is 0 Å². The van der Waals surface area contributed by atoms with E-state index >= 15 is 0 Å². The van der Waals surface area contributed by atoms with Crippen molar-refractivity contribution >= 4 is 23.2 Å².